The lowest BCUT2D eigenvalue weighted by atomic mass is 10.1. The number of hydrogen-bond donors (Lipinski definition) is 0. The maximum absolute atomic E-state index is 12.3. The first-order valence-corrected chi connectivity index (χ1v) is 12.6. The van der Waals surface area contributed by atoms with Gasteiger partial charge in [-0.3, -0.25) is 0 Å². The Balaban J connectivity index is 2.07. The average Bonchev–Trinajstić information content (AvgIpc) is 3.29. The Morgan fingerprint density at radius 3 is 2.72 bits per heavy atom. The summed E-state index contributed by atoms with van der Waals surface area (Å²) in [5.74, 6) is 1.53. The summed E-state index contributed by atoms with van der Waals surface area (Å²) in [6.45, 7) is 5.96. The predicted octanol–water partition coefficient (Wildman–Crippen LogP) is 4.69. The minimum absolute atomic E-state index is 0.423. The van der Waals surface area contributed by atoms with Gasteiger partial charge in [-0.05, 0) is 37.5 Å². The number of nitriles is 1. The van der Waals surface area contributed by atoms with Gasteiger partial charge >= 0.3 is 0 Å². The molecule has 0 aromatic carbocycles. The number of thiazole rings is 1. The van der Waals surface area contributed by atoms with Crippen molar-refractivity contribution in [3.63, 3.8) is 0 Å². The lowest BCUT2D eigenvalue weighted by Gasteiger charge is -2.13. The van der Waals surface area contributed by atoms with Crippen LogP contribution in [-0.4, -0.2) is 34.9 Å². The summed E-state index contributed by atoms with van der Waals surface area (Å²) in [6, 6.07) is 4.22. The van der Waals surface area contributed by atoms with E-state index in [2.05, 4.69) is 23.0 Å². The van der Waals surface area contributed by atoms with Gasteiger partial charge in [0.05, 0.1) is 17.5 Å². The van der Waals surface area contributed by atoms with Crippen LogP contribution in [0.3, 0.4) is 0 Å². The molecule has 0 aliphatic heterocycles. The Hall–Kier alpha value is -1.86. The number of pyridine rings is 1. The summed E-state index contributed by atoms with van der Waals surface area (Å²) >= 11 is 1.96. The van der Waals surface area contributed by atoms with E-state index >= 15 is 0 Å². The highest BCUT2D eigenvalue weighted by Crippen LogP contribution is 2.35. The number of unbranched alkanes of at least 4 members (excludes halogenated alkanes) is 1. The molecule has 0 fully saturated rings. The Morgan fingerprint density at radius 2 is 2.14 bits per heavy atom. The smallest absolute Gasteiger partial charge is 0.156 e. The van der Waals surface area contributed by atoms with Crippen LogP contribution in [0, 0.1) is 25.2 Å². The fourth-order valence-corrected chi connectivity index (χ4v) is 6.03. The molecule has 0 bridgehead atoms. The van der Waals surface area contributed by atoms with Gasteiger partial charge in [0.25, 0.3) is 0 Å². The second-order valence-corrected chi connectivity index (χ2v) is 10.4. The first-order chi connectivity index (χ1) is 13.9. The van der Waals surface area contributed by atoms with E-state index in [9.17, 15) is 9.81 Å². The zero-order chi connectivity index (χ0) is 21.0. The molecule has 0 radical (unpaired) electrons. The number of imidazole rings is 1. The van der Waals surface area contributed by atoms with Crippen LogP contribution in [0.1, 0.15) is 36.8 Å². The van der Waals surface area contributed by atoms with E-state index in [0.717, 1.165) is 46.3 Å². The van der Waals surface area contributed by atoms with Crippen LogP contribution in [-0.2, 0) is 18.2 Å². The number of aryl methyl sites for hydroxylation is 2. The van der Waals surface area contributed by atoms with Crippen molar-refractivity contribution in [1.29, 1.82) is 5.26 Å². The maximum atomic E-state index is 12.3. The van der Waals surface area contributed by atoms with Crippen LogP contribution in [0.2, 0.25) is 0 Å². The molecule has 0 spiro atoms. The Morgan fingerprint density at radius 1 is 1.34 bits per heavy atom. The maximum Gasteiger partial charge on any atom is 0.156 e. The normalized spacial score (nSPS) is 12.1. The van der Waals surface area contributed by atoms with E-state index in [4.69, 9.17) is 4.98 Å². The van der Waals surface area contributed by atoms with Crippen molar-refractivity contribution in [3.8, 4) is 28.0 Å². The molecular weight excluding hydrogens is 422 g/mol. The molecule has 6 nitrogen and oxygen atoms in total. The van der Waals surface area contributed by atoms with E-state index < -0.39 is 11.2 Å². The molecule has 0 amide bonds. The monoisotopic (exact) mass is 445 g/mol. The van der Waals surface area contributed by atoms with Gasteiger partial charge in [0.1, 0.15) is 33.4 Å². The highest BCUT2D eigenvalue weighted by molar-refractivity contribution is 8.12. The van der Waals surface area contributed by atoms with E-state index in [1.165, 1.54) is 23.1 Å². The first kappa shape index (κ1) is 21.8. The molecular formula is C20H23N5OS3. The van der Waals surface area contributed by atoms with Crippen molar-refractivity contribution >= 4 is 34.3 Å². The predicted molar refractivity (Wildman–Crippen MR) is 120 cm³/mol. The summed E-state index contributed by atoms with van der Waals surface area (Å²) in [7, 11) is 1.93. The topological polar surface area (TPSA) is 90.4 Å². The van der Waals surface area contributed by atoms with Crippen molar-refractivity contribution in [3.05, 3.63) is 34.7 Å². The molecule has 0 saturated carbocycles. The zero-order valence-electron chi connectivity index (χ0n) is 16.9. The second kappa shape index (κ2) is 9.76. The van der Waals surface area contributed by atoms with Gasteiger partial charge in [-0.1, -0.05) is 25.1 Å². The molecule has 3 aromatic heterocycles. The molecule has 0 aliphatic rings. The van der Waals surface area contributed by atoms with Gasteiger partial charge < -0.3 is 9.12 Å². The van der Waals surface area contributed by atoms with Gasteiger partial charge in [-0.25, -0.2) is 15.0 Å². The first-order valence-electron chi connectivity index (χ1n) is 9.28. The molecule has 3 rings (SSSR count). The van der Waals surface area contributed by atoms with Crippen molar-refractivity contribution in [2.75, 3.05) is 10.8 Å². The average molecular weight is 446 g/mol. The number of thioether (sulfide) groups is 1. The molecule has 0 aliphatic carbocycles. The molecule has 3 heterocycles. The molecule has 3 aromatic rings. The third-order valence-electron chi connectivity index (χ3n) is 4.49. The number of hydrogen-bond acceptors (Lipinski definition) is 7. The van der Waals surface area contributed by atoms with E-state index in [1.807, 2.05) is 36.9 Å². The second-order valence-electron chi connectivity index (χ2n) is 6.65. The Bertz CT molecular complexity index is 1040. The highest BCUT2D eigenvalue weighted by Gasteiger charge is 2.21. The summed E-state index contributed by atoms with van der Waals surface area (Å²) < 4.78 is 14.3. The van der Waals surface area contributed by atoms with E-state index in [1.54, 1.807) is 6.20 Å². The van der Waals surface area contributed by atoms with Gasteiger partial charge in [0.15, 0.2) is 5.08 Å². The van der Waals surface area contributed by atoms with Gasteiger partial charge in [-0.2, -0.15) is 5.26 Å². The molecule has 1 atom stereocenters. The zero-order valence-corrected chi connectivity index (χ0v) is 19.4. The van der Waals surface area contributed by atoms with Crippen LogP contribution in [0.5, 0.6) is 0 Å². The third kappa shape index (κ3) is 5.01. The molecule has 0 N–H and O–H groups in total. The molecule has 0 saturated heterocycles. The van der Waals surface area contributed by atoms with E-state index in [0.29, 0.717) is 21.4 Å². The third-order valence-corrected chi connectivity index (χ3v) is 8.30. The summed E-state index contributed by atoms with van der Waals surface area (Å²) in [6.07, 6.45) is 3.72. The van der Waals surface area contributed by atoms with Crippen LogP contribution < -0.4 is 0 Å². The molecule has 29 heavy (non-hydrogen) atoms. The highest BCUT2D eigenvalue weighted by atomic mass is 32.3. The summed E-state index contributed by atoms with van der Waals surface area (Å²) in [4.78, 5) is 13.7. The van der Waals surface area contributed by atoms with E-state index in [-0.39, 0.29) is 0 Å². The van der Waals surface area contributed by atoms with Crippen LogP contribution in [0.4, 0.5) is 0 Å². The quantitative estimate of drug-likeness (QED) is 0.369. The van der Waals surface area contributed by atoms with Gasteiger partial charge in [-0.15, -0.1) is 11.3 Å². The largest absolute Gasteiger partial charge is 0.616 e. The lowest BCUT2D eigenvalue weighted by Crippen LogP contribution is -2.09. The van der Waals surface area contributed by atoms with Crippen molar-refractivity contribution in [2.45, 2.75) is 38.6 Å². The number of rotatable bonds is 8. The molecule has 9 heteroatoms. The Labute approximate surface area is 182 Å². The number of aromatic nitrogens is 4. The number of nitrogens with zero attached hydrogens (tertiary/aromatic N) is 5. The fraction of sp³-hybridized carbons (Fsp3) is 0.400. The van der Waals surface area contributed by atoms with Crippen LogP contribution in [0.15, 0.2) is 22.7 Å². The van der Waals surface area contributed by atoms with Crippen molar-refractivity contribution in [1.82, 2.24) is 19.5 Å². The molecule has 152 valence electrons. The summed E-state index contributed by atoms with van der Waals surface area (Å²) in [5, 5.41) is 13.7. The summed E-state index contributed by atoms with van der Waals surface area (Å²) in [5.41, 5.74) is 3.77. The lowest BCUT2D eigenvalue weighted by molar-refractivity contribution is 0.596. The fourth-order valence-electron chi connectivity index (χ4n) is 2.76. The van der Waals surface area contributed by atoms with Gasteiger partial charge in [0.2, 0.25) is 0 Å². The Kier molecular flexibility index (Phi) is 7.35. The molecule has 1 unspecified atom stereocenters. The van der Waals surface area contributed by atoms with Gasteiger partial charge in [0, 0.05) is 23.7 Å². The minimum Gasteiger partial charge on any atom is -0.616 e. The van der Waals surface area contributed by atoms with Crippen molar-refractivity contribution < 1.29 is 4.55 Å². The van der Waals surface area contributed by atoms with Crippen LogP contribution in [0.25, 0.3) is 22.0 Å². The van der Waals surface area contributed by atoms with Crippen molar-refractivity contribution in [2.24, 2.45) is 7.05 Å². The SMILES string of the molecule is CCCC[S+]([O-])CSc1nc(-c2nc(C)cs2)cc(-c2cnc(C)n2C)c1C#N. The standard InChI is InChI=1S/C20H23N5OS3/c1-5-6-7-29(26)12-28-19-16(9-21)15(18-10-22-14(3)25(18)4)8-17(24-19)20-23-13(2)11-27-20/h8,10-11H,5-7,12H2,1-4H3. The minimum atomic E-state index is -0.946. The van der Waals surface area contributed by atoms with Crippen LogP contribution >= 0.6 is 23.1 Å².